The van der Waals surface area contributed by atoms with Gasteiger partial charge in [0.25, 0.3) is 0 Å². The molecule has 1 aromatic rings. The Morgan fingerprint density at radius 3 is 2.17 bits per heavy atom. The first kappa shape index (κ1) is 13.3. The zero-order valence-corrected chi connectivity index (χ0v) is 12.3. The van der Waals surface area contributed by atoms with Crippen molar-refractivity contribution >= 4 is 43.3 Å². The normalized spacial score (nSPS) is 15.1. The van der Waals surface area contributed by atoms with Gasteiger partial charge in [-0.3, -0.25) is 10.0 Å². The Hall–Kier alpha value is -1.17. The molecule has 0 aliphatic heterocycles. The van der Waals surface area contributed by atoms with E-state index in [1.807, 2.05) is 18.2 Å². The van der Waals surface area contributed by atoms with Crippen LogP contribution < -0.4 is 5.06 Å². The Labute approximate surface area is 121 Å². The number of Topliss-reactive ketones (excluding diaryl/α,β-unsaturated/α-hetero) is 1. The van der Waals surface area contributed by atoms with E-state index in [2.05, 4.69) is 31.9 Å². The molecular weight excluding hydrogens is 362 g/mol. The first-order chi connectivity index (χ1) is 8.58. The second-order valence-electron chi connectivity index (χ2n) is 3.62. The number of nitrogens with zero attached hydrogens (tertiary/aromatic N) is 1. The van der Waals surface area contributed by atoms with Gasteiger partial charge in [-0.1, -0.05) is 18.2 Å². The minimum atomic E-state index is -0.114. The SMILES string of the molecule is O=C1C(Br)=CC(=CN(O)c2ccccc2)C=C1Br. The number of hydrogen-bond acceptors (Lipinski definition) is 3. The maximum absolute atomic E-state index is 11.5. The molecule has 5 heteroatoms. The fourth-order valence-electron chi connectivity index (χ4n) is 1.45. The number of hydroxylamine groups is 1. The number of benzene rings is 1. The van der Waals surface area contributed by atoms with Crippen LogP contribution >= 0.6 is 31.9 Å². The summed E-state index contributed by atoms with van der Waals surface area (Å²) in [5.41, 5.74) is 1.36. The van der Waals surface area contributed by atoms with Crippen molar-refractivity contribution in [3.63, 3.8) is 0 Å². The topological polar surface area (TPSA) is 40.5 Å². The smallest absolute Gasteiger partial charge is 0.206 e. The highest BCUT2D eigenvalue weighted by Gasteiger charge is 2.16. The lowest BCUT2D eigenvalue weighted by molar-refractivity contribution is -0.110. The van der Waals surface area contributed by atoms with Gasteiger partial charge in [-0.05, 0) is 61.7 Å². The predicted octanol–water partition coefficient (Wildman–Crippen LogP) is 3.91. The summed E-state index contributed by atoms with van der Waals surface area (Å²) in [5, 5.41) is 10.9. The standard InChI is InChI=1S/C13H9Br2NO2/c14-11-6-9(7-12(15)13(11)17)8-16(18)10-4-2-1-3-5-10/h1-8,18H. The van der Waals surface area contributed by atoms with Crippen molar-refractivity contribution in [2.45, 2.75) is 0 Å². The second kappa shape index (κ2) is 5.65. The van der Waals surface area contributed by atoms with Crippen molar-refractivity contribution in [2.75, 3.05) is 5.06 Å². The van der Waals surface area contributed by atoms with Crippen LogP contribution in [0.1, 0.15) is 0 Å². The minimum Gasteiger partial charge on any atom is -0.287 e. The molecule has 1 aliphatic rings. The molecule has 92 valence electrons. The largest absolute Gasteiger partial charge is 0.287 e. The third-order valence-corrected chi connectivity index (χ3v) is 3.49. The molecule has 18 heavy (non-hydrogen) atoms. The Bertz CT molecular complexity index is 538. The Balaban J connectivity index is 2.27. The van der Waals surface area contributed by atoms with E-state index in [4.69, 9.17) is 0 Å². The van der Waals surface area contributed by atoms with Gasteiger partial charge in [0.2, 0.25) is 5.78 Å². The number of rotatable bonds is 2. The molecule has 3 nitrogen and oxygen atoms in total. The molecule has 1 aromatic carbocycles. The highest BCUT2D eigenvalue weighted by molar-refractivity contribution is 9.13. The summed E-state index contributed by atoms with van der Waals surface area (Å²) in [6, 6.07) is 9.10. The molecule has 0 fully saturated rings. The molecule has 1 aliphatic carbocycles. The number of carbonyl (C=O) groups is 1. The Morgan fingerprint density at radius 2 is 1.61 bits per heavy atom. The first-order valence-electron chi connectivity index (χ1n) is 5.12. The number of para-hydroxylation sites is 1. The average molecular weight is 371 g/mol. The van der Waals surface area contributed by atoms with Crippen LogP contribution in [0.15, 0.2) is 63.2 Å². The molecule has 0 amide bonds. The van der Waals surface area contributed by atoms with Crippen molar-refractivity contribution < 1.29 is 10.0 Å². The number of ketones is 1. The van der Waals surface area contributed by atoms with Crippen molar-refractivity contribution in [3.8, 4) is 0 Å². The molecule has 0 bridgehead atoms. The molecule has 0 atom stereocenters. The summed E-state index contributed by atoms with van der Waals surface area (Å²) in [5.74, 6) is -0.114. The molecule has 0 heterocycles. The van der Waals surface area contributed by atoms with Gasteiger partial charge in [-0.15, -0.1) is 0 Å². The van der Waals surface area contributed by atoms with Crippen LogP contribution in [0.3, 0.4) is 0 Å². The first-order valence-corrected chi connectivity index (χ1v) is 6.70. The fourth-order valence-corrected chi connectivity index (χ4v) is 2.67. The number of allylic oxidation sites excluding steroid dienone is 5. The highest BCUT2D eigenvalue weighted by atomic mass is 79.9. The van der Waals surface area contributed by atoms with E-state index in [9.17, 15) is 10.0 Å². The lowest BCUT2D eigenvalue weighted by Crippen LogP contribution is -2.11. The Morgan fingerprint density at radius 1 is 1.06 bits per heavy atom. The molecule has 1 N–H and O–H groups in total. The van der Waals surface area contributed by atoms with Gasteiger partial charge in [0.05, 0.1) is 14.7 Å². The maximum atomic E-state index is 11.5. The van der Waals surface area contributed by atoms with E-state index in [1.165, 1.54) is 6.20 Å². The van der Waals surface area contributed by atoms with Gasteiger partial charge in [0, 0.05) is 6.20 Å². The minimum absolute atomic E-state index is 0.114. The van der Waals surface area contributed by atoms with Crippen molar-refractivity contribution in [3.05, 3.63) is 63.2 Å². The van der Waals surface area contributed by atoms with Gasteiger partial charge in [0.15, 0.2) is 0 Å². The van der Waals surface area contributed by atoms with Crippen molar-refractivity contribution in [1.82, 2.24) is 0 Å². The van der Waals surface area contributed by atoms with Crippen molar-refractivity contribution in [1.29, 1.82) is 0 Å². The Kier molecular flexibility index (Phi) is 4.16. The molecule has 0 aromatic heterocycles. The summed E-state index contributed by atoms with van der Waals surface area (Å²) in [7, 11) is 0. The van der Waals surface area contributed by atoms with Crippen LogP contribution in [-0.4, -0.2) is 11.0 Å². The summed E-state index contributed by atoms with van der Waals surface area (Å²) >= 11 is 6.36. The summed E-state index contributed by atoms with van der Waals surface area (Å²) in [6.45, 7) is 0. The van der Waals surface area contributed by atoms with E-state index < -0.39 is 0 Å². The summed E-state index contributed by atoms with van der Waals surface area (Å²) in [6.07, 6.45) is 4.84. The van der Waals surface area contributed by atoms with Gasteiger partial charge in [-0.25, -0.2) is 5.06 Å². The second-order valence-corrected chi connectivity index (χ2v) is 5.33. The van der Waals surface area contributed by atoms with E-state index in [-0.39, 0.29) is 5.78 Å². The maximum Gasteiger partial charge on any atom is 0.206 e. The molecular formula is C13H9Br2NO2. The lowest BCUT2D eigenvalue weighted by Gasteiger charge is -2.14. The summed E-state index contributed by atoms with van der Waals surface area (Å²) in [4.78, 5) is 11.5. The van der Waals surface area contributed by atoms with Gasteiger partial charge in [0.1, 0.15) is 0 Å². The average Bonchev–Trinajstić information content (AvgIpc) is 2.37. The predicted molar refractivity (Wildman–Crippen MR) is 77.8 cm³/mol. The van der Waals surface area contributed by atoms with Crippen LogP contribution in [0.4, 0.5) is 5.69 Å². The van der Waals surface area contributed by atoms with E-state index in [1.54, 1.807) is 24.3 Å². The van der Waals surface area contributed by atoms with Crippen LogP contribution in [0.25, 0.3) is 0 Å². The van der Waals surface area contributed by atoms with E-state index in [0.717, 1.165) is 5.06 Å². The van der Waals surface area contributed by atoms with E-state index in [0.29, 0.717) is 20.2 Å². The summed E-state index contributed by atoms with van der Waals surface area (Å²) < 4.78 is 0.897. The fraction of sp³-hybridized carbons (Fsp3) is 0. The number of anilines is 1. The number of hydrogen-bond donors (Lipinski definition) is 1. The van der Waals surface area contributed by atoms with Gasteiger partial charge in [-0.2, -0.15) is 0 Å². The highest BCUT2D eigenvalue weighted by Crippen LogP contribution is 2.27. The molecule has 0 saturated carbocycles. The number of halogens is 2. The van der Waals surface area contributed by atoms with Crippen molar-refractivity contribution in [2.24, 2.45) is 0 Å². The van der Waals surface area contributed by atoms with Gasteiger partial charge >= 0.3 is 0 Å². The zero-order valence-electron chi connectivity index (χ0n) is 9.18. The zero-order chi connectivity index (χ0) is 13.1. The van der Waals surface area contributed by atoms with Crippen LogP contribution in [0, 0.1) is 0 Å². The molecule has 2 rings (SSSR count). The monoisotopic (exact) mass is 369 g/mol. The molecule has 0 spiro atoms. The molecule has 0 unspecified atom stereocenters. The van der Waals surface area contributed by atoms with Gasteiger partial charge < -0.3 is 0 Å². The third-order valence-electron chi connectivity index (χ3n) is 2.31. The molecule has 0 saturated heterocycles. The molecule has 0 radical (unpaired) electrons. The van der Waals surface area contributed by atoms with E-state index >= 15 is 0 Å². The van der Waals surface area contributed by atoms with Crippen LogP contribution in [0.2, 0.25) is 0 Å². The quantitative estimate of drug-likeness (QED) is 0.802. The van der Waals surface area contributed by atoms with Crippen LogP contribution in [0.5, 0.6) is 0 Å². The van der Waals surface area contributed by atoms with Crippen LogP contribution in [-0.2, 0) is 4.79 Å². The lowest BCUT2D eigenvalue weighted by atomic mass is 10.1. The number of carbonyl (C=O) groups excluding carboxylic acids is 1. The third kappa shape index (κ3) is 2.98.